The molecule has 0 spiro atoms. The van der Waals surface area contributed by atoms with Crippen LogP contribution < -0.4 is 5.56 Å². The van der Waals surface area contributed by atoms with Crippen LogP contribution in [0.5, 0.6) is 0 Å². The molecule has 0 saturated heterocycles. The summed E-state index contributed by atoms with van der Waals surface area (Å²) in [5.41, 5.74) is -0.0918. The van der Waals surface area contributed by atoms with Gasteiger partial charge >= 0.3 is 6.18 Å². The van der Waals surface area contributed by atoms with Crippen molar-refractivity contribution in [2.24, 2.45) is 0 Å². The van der Waals surface area contributed by atoms with E-state index in [1.807, 2.05) is 13.8 Å². The standard InChI is InChI=1S/C12H10F3N5O/c1-6(2)19-4-3-8-7(9(19)21)5-16-11-17-10(12(13,14)15)18-20(8)11/h3-6H,1-2H3. The van der Waals surface area contributed by atoms with E-state index < -0.39 is 12.0 Å². The first kappa shape index (κ1) is 13.5. The van der Waals surface area contributed by atoms with Crippen LogP contribution >= 0.6 is 0 Å². The summed E-state index contributed by atoms with van der Waals surface area (Å²) in [5.74, 6) is -1.48. The summed E-state index contributed by atoms with van der Waals surface area (Å²) in [6.07, 6.45) is -1.92. The van der Waals surface area contributed by atoms with Crippen molar-refractivity contribution in [2.45, 2.75) is 26.1 Å². The number of halogens is 3. The molecule has 0 N–H and O–H groups in total. The number of pyridine rings is 1. The number of alkyl halides is 3. The van der Waals surface area contributed by atoms with Crippen LogP contribution in [0.2, 0.25) is 0 Å². The summed E-state index contributed by atoms with van der Waals surface area (Å²) in [6.45, 7) is 3.66. The molecule has 3 aromatic heterocycles. The second kappa shape index (κ2) is 4.27. The molecular weight excluding hydrogens is 287 g/mol. The lowest BCUT2D eigenvalue weighted by atomic mass is 10.3. The fourth-order valence-corrected chi connectivity index (χ4v) is 2.06. The van der Waals surface area contributed by atoms with Crippen LogP contribution in [0.4, 0.5) is 13.2 Å². The Morgan fingerprint density at radius 3 is 2.62 bits per heavy atom. The molecule has 0 bridgehead atoms. The second-order valence-electron chi connectivity index (χ2n) is 4.82. The molecule has 3 rings (SSSR count). The molecule has 0 aliphatic carbocycles. The van der Waals surface area contributed by atoms with Gasteiger partial charge in [0.25, 0.3) is 17.2 Å². The molecule has 6 nitrogen and oxygen atoms in total. The molecule has 0 aliphatic rings. The highest BCUT2D eigenvalue weighted by Gasteiger charge is 2.36. The topological polar surface area (TPSA) is 65.1 Å². The quantitative estimate of drug-likeness (QED) is 0.689. The molecule has 3 aromatic rings. The Bertz CT molecular complexity index is 893. The zero-order chi connectivity index (χ0) is 15.4. The summed E-state index contributed by atoms with van der Waals surface area (Å²) in [5, 5.41) is 3.59. The number of hydrogen-bond donors (Lipinski definition) is 0. The van der Waals surface area contributed by atoms with Crippen LogP contribution in [-0.2, 0) is 6.18 Å². The summed E-state index contributed by atoms with van der Waals surface area (Å²) in [4.78, 5) is 19.4. The Morgan fingerprint density at radius 2 is 2.00 bits per heavy atom. The molecular formula is C12H10F3N5O. The third kappa shape index (κ3) is 2.05. The summed E-state index contributed by atoms with van der Waals surface area (Å²) >= 11 is 0. The Kier molecular flexibility index (Phi) is 2.75. The Morgan fingerprint density at radius 1 is 1.29 bits per heavy atom. The van der Waals surface area contributed by atoms with Gasteiger partial charge in [-0.1, -0.05) is 0 Å². The van der Waals surface area contributed by atoms with Crippen LogP contribution in [0, 0.1) is 0 Å². The van der Waals surface area contributed by atoms with Gasteiger partial charge in [0.05, 0.1) is 10.9 Å². The Labute approximate surface area is 115 Å². The first-order chi connectivity index (χ1) is 9.79. The first-order valence-electron chi connectivity index (χ1n) is 6.13. The van der Waals surface area contributed by atoms with Gasteiger partial charge in [-0.15, -0.1) is 5.10 Å². The van der Waals surface area contributed by atoms with Gasteiger partial charge in [-0.05, 0) is 19.9 Å². The van der Waals surface area contributed by atoms with E-state index in [4.69, 9.17) is 0 Å². The van der Waals surface area contributed by atoms with Gasteiger partial charge in [-0.3, -0.25) is 4.79 Å². The van der Waals surface area contributed by atoms with Gasteiger partial charge in [0.1, 0.15) is 0 Å². The second-order valence-corrected chi connectivity index (χ2v) is 4.82. The molecule has 0 amide bonds. The number of nitrogens with zero attached hydrogens (tertiary/aromatic N) is 5. The average molecular weight is 297 g/mol. The molecule has 0 atom stereocenters. The van der Waals surface area contributed by atoms with Gasteiger partial charge in [0.2, 0.25) is 0 Å². The molecule has 0 saturated carbocycles. The van der Waals surface area contributed by atoms with E-state index in [2.05, 4.69) is 15.1 Å². The molecule has 110 valence electrons. The molecule has 0 aromatic carbocycles. The van der Waals surface area contributed by atoms with E-state index in [1.54, 1.807) is 0 Å². The zero-order valence-electron chi connectivity index (χ0n) is 11.1. The Balaban J connectivity index is 2.37. The van der Waals surface area contributed by atoms with Crippen molar-refractivity contribution in [3.63, 3.8) is 0 Å². The average Bonchev–Trinajstić information content (AvgIpc) is 2.82. The van der Waals surface area contributed by atoms with Gasteiger partial charge in [0.15, 0.2) is 0 Å². The van der Waals surface area contributed by atoms with E-state index in [-0.39, 0.29) is 28.3 Å². The minimum absolute atomic E-state index is 0.0703. The predicted molar refractivity (Wildman–Crippen MR) is 67.9 cm³/mol. The molecule has 0 fully saturated rings. The van der Waals surface area contributed by atoms with Gasteiger partial charge in [0, 0.05) is 18.4 Å². The van der Waals surface area contributed by atoms with Crippen LogP contribution in [-0.4, -0.2) is 24.1 Å². The summed E-state index contributed by atoms with van der Waals surface area (Å²) in [7, 11) is 0. The largest absolute Gasteiger partial charge is 0.453 e. The van der Waals surface area contributed by atoms with Crippen LogP contribution in [0.25, 0.3) is 16.7 Å². The number of rotatable bonds is 1. The van der Waals surface area contributed by atoms with E-state index in [0.717, 1.165) is 4.52 Å². The number of aromatic nitrogens is 5. The predicted octanol–water partition coefficient (Wildman–Crippen LogP) is 2.04. The lowest BCUT2D eigenvalue weighted by Crippen LogP contribution is -2.22. The van der Waals surface area contributed by atoms with Gasteiger partial charge in [-0.25, -0.2) is 4.98 Å². The van der Waals surface area contributed by atoms with E-state index in [0.29, 0.717) is 0 Å². The first-order valence-corrected chi connectivity index (χ1v) is 6.13. The smallest absolute Gasteiger partial charge is 0.312 e. The maximum absolute atomic E-state index is 12.6. The van der Waals surface area contributed by atoms with Crippen molar-refractivity contribution in [3.8, 4) is 0 Å². The fourth-order valence-electron chi connectivity index (χ4n) is 2.06. The van der Waals surface area contributed by atoms with Crippen LogP contribution in [0.3, 0.4) is 0 Å². The zero-order valence-corrected chi connectivity index (χ0v) is 11.1. The lowest BCUT2D eigenvalue weighted by molar-refractivity contribution is -0.144. The van der Waals surface area contributed by atoms with Crippen molar-refractivity contribution in [1.29, 1.82) is 0 Å². The van der Waals surface area contributed by atoms with Crippen molar-refractivity contribution < 1.29 is 13.2 Å². The van der Waals surface area contributed by atoms with Crippen LogP contribution in [0.1, 0.15) is 25.7 Å². The monoisotopic (exact) mass is 297 g/mol. The summed E-state index contributed by atoms with van der Waals surface area (Å²) < 4.78 is 40.3. The molecule has 21 heavy (non-hydrogen) atoms. The van der Waals surface area contributed by atoms with Crippen molar-refractivity contribution >= 4 is 16.7 Å². The van der Waals surface area contributed by atoms with Crippen molar-refractivity contribution in [2.75, 3.05) is 0 Å². The molecule has 9 heteroatoms. The van der Waals surface area contributed by atoms with Gasteiger partial charge < -0.3 is 4.57 Å². The number of hydrogen-bond acceptors (Lipinski definition) is 4. The highest BCUT2D eigenvalue weighted by Crippen LogP contribution is 2.26. The SMILES string of the molecule is CC(C)n1ccc2c(cnc3nc(C(F)(F)F)nn32)c1=O. The van der Waals surface area contributed by atoms with Crippen molar-refractivity contribution in [3.05, 3.63) is 34.6 Å². The van der Waals surface area contributed by atoms with E-state index >= 15 is 0 Å². The van der Waals surface area contributed by atoms with Crippen molar-refractivity contribution in [1.82, 2.24) is 24.1 Å². The Hall–Kier alpha value is -2.45. The van der Waals surface area contributed by atoms with Gasteiger partial charge in [-0.2, -0.15) is 22.7 Å². The minimum Gasteiger partial charge on any atom is -0.312 e. The van der Waals surface area contributed by atoms with E-state index in [1.165, 1.54) is 23.0 Å². The molecule has 0 aliphatic heterocycles. The molecule has 3 heterocycles. The highest BCUT2D eigenvalue weighted by atomic mass is 19.4. The number of fused-ring (bicyclic) bond motifs is 3. The molecule has 0 unspecified atom stereocenters. The highest BCUT2D eigenvalue weighted by molar-refractivity contribution is 5.78. The molecule has 0 radical (unpaired) electrons. The third-order valence-electron chi connectivity index (χ3n) is 3.07. The normalized spacial score (nSPS) is 12.7. The third-order valence-corrected chi connectivity index (χ3v) is 3.07. The maximum atomic E-state index is 12.6. The van der Waals surface area contributed by atoms with E-state index in [9.17, 15) is 18.0 Å². The maximum Gasteiger partial charge on any atom is 0.453 e. The minimum atomic E-state index is -4.66. The fraction of sp³-hybridized carbons (Fsp3) is 0.333. The van der Waals surface area contributed by atoms with Crippen LogP contribution in [0.15, 0.2) is 23.3 Å². The lowest BCUT2D eigenvalue weighted by Gasteiger charge is -2.10. The summed E-state index contributed by atoms with van der Waals surface area (Å²) in [6, 6.07) is 1.46.